The summed E-state index contributed by atoms with van der Waals surface area (Å²) in [5.41, 5.74) is 4.61. The smallest absolute Gasteiger partial charge is 0.407 e. The van der Waals surface area contributed by atoms with Crippen molar-refractivity contribution in [2.75, 3.05) is 26.9 Å². The molecule has 1 saturated carbocycles. The van der Waals surface area contributed by atoms with Crippen LogP contribution in [0, 0.1) is 11.8 Å². The third kappa shape index (κ3) is 4.60. The number of benzene rings is 2. The van der Waals surface area contributed by atoms with Gasteiger partial charge in [-0.1, -0.05) is 48.5 Å². The van der Waals surface area contributed by atoms with Gasteiger partial charge in [0.15, 0.2) is 6.04 Å². The minimum atomic E-state index is -1.14. The molecule has 4 rings (SSSR count). The van der Waals surface area contributed by atoms with E-state index in [1.54, 1.807) is 0 Å². The highest BCUT2D eigenvalue weighted by atomic mass is 16.5. The number of carboxylic acids is 1. The predicted octanol–water partition coefficient (Wildman–Crippen LogP) is 2.38. The van der Waals surface area contributed by atoms with Gasteiger partial charge in [-0.15, -0.1) is 0 Å². The highest BCUT2D eigenvalue weighted by molar-refractivity contribution is 5.87. The lowest BCUT2D eigenvalue weighted by Crippen LogP contribution is -2.44. The van der Waals surface area contributed by atoms with Crippen LogP contribution < -0.4 is 10.6 Å². The monoisotopic (exact) mass is 438 g/mol. The third-order valence-electron chi connectivity index (χ3n) is 6.06. The molecule has 0 saturated heterocycles. The van der Waals surface area contributed by atoms with E-state index in [4.69, 9.17) is 14.6 Å². The lowest BCUT2D eigenvalue weighted by atomic mass is 9.98. The van der Waals surface area contributed by atoms with Crippen LogP contribution in [-0.2, 0) is 19.1 Å². The third-order valence-corrected chi connectivity index (χ3v) is 6.06. The van der Waals surface area contributed by atoms with Gasteiger partial charge in [0.2, 0.25) is 5.91 Å². The Morgan fingerprint density at radius 1 is 1.06 bits per heavy atom. The molecule has 3 N–H and O–H groups in total. The van der Waals surface area contributed by atoms with Crippen LogP contribution in [0.1, 0.15) is 23.5 Å². The summed E-state index contributed by atoms with van der Waals surface area (Å²) in [6.07, 6.45) is 0.0650. The first-order chi connectivity index (χ1) is 15.5. The van der Waals surface area contributed by atoms with E-state index < -0.39 is 18.1 Å². The van der Waals surface area contributed by atoms with E-state index in [2.05, 4.69) is 34.9 Å². The normalized spacial score (nSPS) is 19.4. The quantitative estimate of drug-likeness (QED) is 0.554. The Kier molecular flexibility index (Phi) is 6.41. The first kappa shape index (κ1) is 21.8. The van der Waals surface area contributed by atoms with E-state index in [0.717, 1.165) is 22.3 Å². The number of amides is 2. The Morgan fingerprint density at radius 3 is 2.28 bits per heavy atom. The summed E-state index contributed by atoms with van der Waals surface area (Å²) in [7, 11) is 1.38. The second kappa shape index (κ2) is 9.40. The second-order valence-corrected chi connectivity index (χ2v) is 8.16. The number of nitrogens with one attached hydrogen (secondary N) is 2. The molecule has 8 nitrogen and oxygen atoms in total. The maximum absolute atomic E-state index is 12.3. The summed E-state index contributed by atoms with van der Waals surface area (Å²) < 4.78 is 10.3. The minimum absolute atomic E-state index is 0.0127. The Bertz CT molecular complexity index is 978. The lowest BCUT2D eigenvalue weighted by molar-refractivity contribution is -0.143. The molecule has 8 heteroatoms. The van der Waals surface area contributed by atoms with Crippen molar-refractivity contribution in [3.05, 3.63) is 59.7 Å². The predicted molar refractivity (Wildman–Crippen MR) is 116 cm³/mol. The van der Waals surface area contributed by atoms with E-state index >= 15 is 0 Å². The topological polar surface area (TPSA) is 114 Å². The molecule has 3 atom stereocenters. The Morgan fingerprint density at radius 2 is 1.69 bits per heavy atom. The number of aliphatic carboxylic acids is 1. The van der Waals surface area contributed by atoms with Gasteiger partial charge >= 0.3 is 12.1 Å². The molecule has 2 amide bonds. The van der Waals surface area contributed by atoms with Crippen LogP contribution in [0.3, 0.4) is 0 Å². The molecule has 0 aliphatic heterocycles. The Hall–Kier alpha value is -3.39. The van der Waals surface area contributed by atoms with Crippen LogP contribution in [0.4, 0.5) is 4.79 Å². The molecular weight excluding hydrogens is 412 g/mol. The molecule has 0 aromatic heterocycles. The summed E-state index contributed by atoms with van der Waals surface area (Å²) in [5.74, 6) is -1.85. The molecule has 0 heterocycles. The molecule has 1 fully saturated rings. The van der Waals surface area contributed by atoms with Crippen LogP contribution in [0.25, 0.3) is 11.1 Å². The van der Waals surface area contributed by atoms with Crippen molar-refractivity contribution >= 4 is 18.0 Å². The fourth-order valence-corrected chi connectivity index (χ4v) is 4.28. The highest BCUT2D eigenvalue weighted by Gasteiger charge is 2.44. The molecule has 2 aliphatic rings. The highest BCUT2D eigenvalue weighted by Crippen LogP contribution is 2.44. The van der Waals surface area contributed by atoms with Gasteiger partial charge in [0.05, 0.1) is 6.61 Å². The van der Waals surface area contributed by atoms with Crippen LogP contribution in [0.15, 0.2) is 48.5 Å². The van der Waals surface area contributed by atoms with E-state index in [1.807, 2.05) is 24.3 Å². The molecule has 168 valence electrons. The number of ether oxygens (including phenoxy) is 2. The summed E-state index contributed by atoms with van der Waals surface area (Å²) in [4.78, 5) is 35.6. The fraction of sp³-hybridized carbons (Fsp3) is 0.375. The SMILES string of the molecule is COCC(NC(=O)C1CC1CNC(=O)OCC1c2ccccc2-c2ccccc21)C(=O)O. The van der Waals surface area contributed by atoms with Crippen molar-refractivity contribution < 1.29 is 29.0 Å². The molecule has 0 bridgehead atoms. The second-order valence-electron chi connectivity index (χ2n) is 8.16. The average Bonchev–Trinajstić information content (AvgIpc) is 3.51. The molecule has 32 heavy (non-hydrogen) atoms. The molecule has 2 aromatic carbocycles. The van der Waals surface area contributed by atoms with Crippen LogP contribution in [-0.4, -0.2) is 56.0 Å². The van der Waals surface area contributed by atoms with Gasteiger partial charge in [0.25, 0.3) is 0 Å². The molecule has 3 unspecified atom stereocenters. The van der Waals surface area contributed by atoms with Gasteiger partial charge in [-0.3, -0.25) is 4.79 Å². The van der Waals surface area contributed by atoms with Gasteiger partial charge in [-0.2, -0.15) is 0 Å². The average molecular weight is 438 g/mol. The van der Waals surface area contributed by atoms with E-state index in [1.165, 1.54) is 7.11 Å². The number of hydrogen-bond donors (Lipinski definition) is 3. The molecule has 0 radical (unpaired) electrons. The van der Waals surface area contributed by atoms with E-state index in [-0.39, 0.29) is 36.9 Å². The number of fused-ring (bicyclic) bond motifs is 3. The number of alkyl carbamates (subject to hydrolysis) is 1. The van der Waals surface area contributed by atoms with Gasteiger partial charge in [-0.05, 0) is 34.6 Å². The zero-order valence-electron chi connectivity index (χ0n) is 17.7. The Balaban J connectivity index is 1.25. The summed E-state index contributed by atoms with van der Waals surface area (Å²) >= 11 is 0. The summed E-state index contributed by atoms with van der Waals surface area (Å²) in [6, 6.07) is 15.2. The maximum atomic E-state index is 12.3. The summed E-state index contributed by atoms with van der Waals surface area (Å²) in [6.45, 7) is 0.430. The molecule has 2 aliphatic carbocycles. The number of rotatable bonds is 9. The van der Waals surface area contributed by atoms with E-state index in [0.29, 0.717) is 13.0 Å². The van der Waals surface area contributed by atoms with Gasteiger partial charge in [0, 0.05) is 25.5 Å². The zero-order valence-corrected chi connectivity index (χ0v) is 17.7. The van der Waals surface area contributed by atoms with Crippen molar-refractivity contribution in [2.24, 2.45) is 11.8 Å². The van der Waals surface area contributed by atoms with Crippen LogP contribution >= 0.6 is 0 Å². The van der Waals surface area contributed by atoms with Crippen molar-refractivity contribution in [3.8, 4) is 11.1 Å². The maximum Gasteiger partial charge on any atom is 0.407 e. The fourth-order valence-electron chi connectivity index (χ4n) is 4.28. The largest absolute Gasteiger partial charge is 0.480 e. The standard InChI is InChI=1S/C24H26N2O6/c1-31-13-21(23(28)29)26-22(27)19-10-14(19)11-25-24(30)32-12-20-17-8-4-2-6-15(17)16-7-3-5-9-18(16)20/h2-9,14,19-21H,10-13H2,1H3,(H,25,30)(H,26,27)(H,28,29). The number of carboxylic acid groups (broad SMARTS) is 1. The molecule has 0 spiro atoms. The Labute approximate surface area is 185 Å². The lowest BCUT2D eigenvalue weighted by Gasteiger charge is -2.15. The molecule has 2 aromatic rings. The minimum Gasteiger partial charge on any atom is -0.480 e. The number of hydrogen-bond acceptors (Lipinski definition) is 5. The van der Waals surface area contributed by atoms with Gasteiger partial charge in [-0.25, -0.2) is 9.59 Å². The first-order valence-corrected chi connectivity index (χ1v) is 10.6. The number of carbonyl (C=O) groups excluding carboxylic acids is 2. The van der Waals surface area contributed by atoms with Crippen molar-refractivity contribution in [1.29, 1.82) is 0 Å². The number of carbonyl (C=O) groups is 3. The number of methoxy groups -OCH3 is 1. The van der Waals surface area contributed by atoms with Crippen molar-refractivity contribution in [3.63, 3.8) is 0 Å². The van der Waals surface area contributed by atoms with Gasteiger partial charge < -0.3 is 25.2 Å². The summed E-state index contributed by atoms with van der Waals surface area (Å²) in [5, 5.41) is 14.3. The van der Waals surface area contributed by atoms with E-state index in [9.17, 15) is 14.4 Å². The van der Waals surface area contributed by atoms with Crippen molar-refractivity contribution in [2.45, 2.75) is 18.4 Å². The first-order valence-electron chi connectivity index (χ1n) is 10.6. The van der Waals surface area contributed by atoms with Crippen LogP contribution in [0.5, 0.6) is 0 Å². The molecular formula is C24H26N2O6. The van der Waals surface area contributed by atoms with Crippen LogP contribution in [0.2, 0.25) is 0 Å². The van der Waals surface area contributed by atoms with Gasteiger partial charge in [0.1, 0.15) is 6.61 Å². The van der Waals surface area contributed by atoms with Crippen molar-refractivity contribution in [1.82, 2.24) is 10.6 Å². The zero-order chi connectivity index (χ0) is 22.7.